The van der Waals surface area contributed by atoms with Crippen LogP contribution in [-0.4, -0.2) is 52.3 Å². The van der Waals surface area contributed by atoms with E-state index in [-0.39, 0.29) is 35.1 Å². The van der Waals surface area contributed by atoms with Gasteiger partial charge in [-0.2, -0.15) is 4.31 Å². The van der Waals surface area contributed by atoms with Gasteiger partial charge in [0.25, 0.3) is 15.9 Å². The number of amides is 1. The van der Waals surface area contributed by atoms with Gasteiger partial charge < -0.3 is 4.57 Å². The van der Waals surface area contributed by atoms with Gasteiger partial charge in [0, 0.05) is 43.6 Å². The number of aromatic nitrogens is 3. The topological polar surface area (TPSA) is 88.4 Å². The number of hydrogen-bond acceptors (Lipinski definition) is 5. The van der Waals surface area contributed by atoms with Gasteiger partial charge >= 0.3 is 0 Å². The highest BCUT2D eigenvalue weighted by Gasteiger charge is 2.36. The zero-order valence-corrected chi connectivity index (χ0v) is 19.6. The highest BCUT2D eigenvalue weighted by atomic mass is 35.5. The Bertz CT molecular complexity index is 1230. The van der Waals surface area contributed by atoms with Gasteiger partial charge in [0.15, 0.2) is 5.03 Å². The van der Waals surface area contributed by atoms with Crippen LogP contribution >= 0.6 is 23.2 Å². The second kappa shape index (κ2) is 9.19. The van der Waals surface area contributed by atoms with Gasteiger partial charge in [-0.15, -0.1) is 0 Å². The van der Waals surface area contributed by atoms with Crippen LogP contribution in [0.3, 0.4) is 0 Å². The van der Waals surface area contributed by atoms with Crippen LogP contribution in [-0.2, 0) is 17.1 Å². The predicted molar refractivity (Wildman–Crippen MR) is 122 cm³/mol. The molecule has 0 unspecified atom stereocenters. The summed E-state index contributed by atoms with van der Waals surface area (Å²) < 4.78 is 28.8. The van der Waals surface area contributed by atoms with Crippen LogP contribution in [0.4, 0.5) is 5.82 Å². The Labute approximate surface area is 196 Å². The van der Waals surface area contributed by atoms with Crippen LogP contribution < -0.4 is 4.90 Å². The third-order valence-electron chi connectivity index (χ3n) is 5.35. The number of halogens is 2. The van der Waals surface area contributed by atoms with Crippen molar-refractivity contribution < 1.29 is 13.2 Å². The number of rotatable bonds is 5. The van der Waals surface area contributed by atoms with Crippen LogP contribution in [0.2, 0.25) is 10.0 Å². The molecule has 0 spiro atoms. The molecule has 11 heteroatoms. The Morgan fingerprint density at radius 2 is 1.88 bits per heavy atom. The molecule has 1 aromatic carbocycles. The van der Waals surface area contributed by atoms with E-state index in [9.17, 15) is 13.2 Å². The van der Waals surface area contributed by atoms with Crippen LogP contribution in [0.5, 0.6) is 0 Å². The molecule has 1 aliphatic rings. The van der Waals surface area contributed by atoms with Crippen LogP contribution in [0.15, 0.2) is 60.1 Å². The molecule has 0 aliphatic carbocycles. The normalized spacial score (nSPS) is 15.6. The quantitative estimate of drug-likeness (QED) is 0.541. The van der Waals surface area contributed by atoms with E-state index in [1.807, 2.05) is 0 Å². The minimum Gasteiger partial charge on any atom is -0.339 e. The van der Waals surface area contributed by atoms with Crippen LogP contribution in [0, 0.1) is 0 Å². The van der Waals surface area contributed by atoms with E-state index in [1.165, 1.54) is 22.9 Å². The first-order chi connectivity index (χ1) is 15.3. The molecule has 1 amide bonds. The van der Waals surface area contributed by atoms with Crippen LogP contribution in [0.25, 0.3) is 0 Å². The van der Waals surface area contributed by atoms with E-state index >= 15 is 0 Å². The van der Waals surface area contributed by atoms with Gasteiger partial charge in [0.1, 0.15) is 5.82 Å². The number of carbonyl (C=O) groups excluding carboxylic acids is 1. The van der Waals surface area contributed by atoms with Gasteiger partial charge in [-0.25, -0.2) is 18.4 Å². The average Bonchev–Trinajstić information content (AvgIpc) is 3.22. The fourth-order valence-electron chi connectivity index (χ4n) is 3.74. The maximum atomic E-state index is 13.5. The fraction of sp³-hybridized carbons (Fsp3) is 0.286. The Hall–Kier alpha value is -2.46. The van der Waals surface area contributed by atoms with Crippen molar-refractivity contribution in [2.24, 2.45) is 7.05 Å². The Kier molecular flexibility index (Phi) is 6.52. The molecular formula is C21H21Cl2N5O3S. The van der Waals surface area contributed by atoms with E-state index < -0.39 is 10.0 Å². The SMILES string of the molecule is Cn1cnc(S(=O)(=O)N2CCC(N(C(=O)c3ccc(Cl)cc3Cl)c3ccccn3)CC2)c1. The zero-order chi connectivity index (χ0) is 22.9. The van der Waals surface area contributed by atoms with Gasteiger partial charge in [-0.3, -0.25) is 9.69 Å². The van der Waals surface area contributed by atoms with E-state index in [1.54, 1.807) is 53.0 Å². The van der Waals surface area contributed by atoms with Crippen molar-refractivity contribution in [1.29, 1.82) is 0 Å². The summed E-state index contributed by atoms with van der Waals surface area (Å²) in [6, 6.07) is 9.78. The van der Waals surface area contributed by atoms with Crippen molar-refractivity contribution in [2.45, 2.75) is 23.9 Å². The molecule has 8 nitrogen and oxygen atoms in total. The minimum absolute atomic E-state index is 0.0176. The summed E-state index contributed by atoms with van der Waals surface area (Å²) in [5.41, 5.74) is 0.310. The standard InChI is InChI=1S/C21H21Cl2N5O3S/c1-26-13-20(25-14-26)32(30,31)27-10-7-16(8-11-27)28(19-4-2-3-9-24-19)21(29)17-6-5-15(22)12-18(17)23/h2-6,9,12-14,16H,7-8,10-11H2,1H3. The van der Waals surface area contributed by atoms with Crippen molar-refractivity contribution in [3.63, 3.8) is 0 Å². The van der Waals surface area contributed by atoms with Gasteiger partial charge in [-0.05, 0) is 43.2 Å². The molecule has 1 aliphatic heterocycles. The van der Waals surface area contributed by atoms with E-state index in [0.717, 1.165) is 0 Å². The fourth-order valence-corrected chi connectivity index (χ4v) is 5.67. The zero-order valence-electron chi connectivity index (χ0n) is 17.2. The van der Waals surface area contributed by atoms with Crippen molar-refractivity contribution >= 4 is 45.0 Å². The lowest BCUT2D eigenvalue weighted by atomic mass is 10.0. The third-order valence-corrected chi connectivity index (χ3v) is 7.68. The number of nitrogens with zero attached hydrogens (tertiary/aromatic N) is 5. The number of sulfonamides is 1. The monoisotopic (exact) mass is 493 g/mol. The summed E-state index contributed by atoms with van der Waals surface area (Å²) in [6.07, 6.45) is 5.43. The largest absolute Gasteiger partial charge is 0.339 e. The van der Waals surface area contributed by atoms with E-state index in [4.69, 9.17) is 23.2 Å². The molecule has 1 fully saturated rings. The number of aryl methyl sites for hydroxylation is 1. The summed E-state index contributed by atoms with van der Waals surface area (Å²) in [5, 5.41) is 0.701. The summed E-state index contributed by atoms with van der Waals surface area (Å²) in [7, 11) is -1.97. The number of pyridine rings is 1. The maximum Gasteiger partial charge on any atom is 0.262 e. The minimum atomic E-state index is -3.69. The predicted octanol–water partition coefficient (Wildman–Crippen LogP) is 3.62. The Balaban J connectivity index is 1.59. The van der Waals surface area contributed by atoms with Gasteiger partial charge in [0.2, 0.25) is 0 Å². The van der Waals surface area contributed by atoms with E-state index in [0.29, 0.717) is 29.2 Å². The van der Waals surface area contributed by atoms with Crippen molar-refractivity contribution in [1.82, 2.24) is 18.8 Å². The molecule has 32 heavy (non-hydrogen) atoms. The third kappa shape index (κ3) is 4.52. The molecule has 0 bridgehead atoms. The molecular weight excluding hydrogens is 473 g/mol. The lowest BCUT2D eigenvalue weighted by Crippen LogP contribution is -2.49. The second-order valence-corrected chi connectivity index (χ2v) is 10.2. The summed E-state index contributed by atoms with van der Waals surface area (Å²) >= 11 is 12.3. The molecule has 0 radical (unpaired) electrons. The number of carbonyl (C=O) groups is 1. The molecule has 0 N–H and O–H groups in total. The van der Waals surface area contributed by atoms with Gasteiger partial charge in [-0.1, -0.05) is 29.3 Å². The highest BCUT2D eigenvalue weighted by molar-refractivity contribution is 7.89. The van der Waals surface area contributed by atoms with E-state index in [2.05, 4.69) is 9.97 Å². The molecule has 2 aromatic heterocycles. The lowest BCUT2D eigenvalue weighted by molar-refractivity contribution is 0.0967. The van der Waals surface area contributed by atoms with Crippen LogP contribution in [0.1, 0.15) is 23.2 Å². The first kappa shape index (κ1) is 22.7. The van der Waals surface area contributed by atoms with Crippen molar-refractivity contribution in [2.75, 3.05) is 18.0 Å². The highest BCUT2D eigenvalue weighted by Crippen LogP contribution is 2.29. The number of piperidine rings is 1. The number of anilines is 1. The molecule has 4 rings (SSSR count). The Morgan fingerprint density at radius 3 is 2.47 bits per heavy atom. The molecule has 0 atom stereocenters. The average molecular weight is 494 g/mol. The van der Waals surface area contributed by atoms with Crippen molar-refractivity contribution in [3.8, 4) is 0 Å². The maximum absolute atomic E-state index is 13.5. The molecule has 0 saturated carbocycles. The summed E-state index contributed by atoms with van der Waals surface area (Å²) in [5.74, 6) is 0.172. The summed E-state index contributed by atoms with van der Waals surface area (Å²) in [6.45, 7) is 0.517. The lowest BCUT2D eigenvalue weighted by Gasteiger charge is -2.37. The summed E-state index contributed by atoms with van der Waals surface area (Å²) in [4.78, 5) is 23.4. The van der Waals surface area contributed by atoms with Crippen molar-refractivity contribution in [3.05, 3.63) is 70.7 Å². The molecule has 3 heterocycles. The number of benzene rings is 1. The number of hydrogen-bond donors (Lipinski definition) is 0. The number of imidazole rings is 1. The van der Waals surface area contributed by atoms with Gasteiger partial charge in [0.05, 0.1) is 16.9 Å². The smallest absolute Gasteiger partial charge is 0.262 e. The molecule has 1 saturated heterocycles. The molecule has 3 aromatic rings. The molecule has 168 valence electrons. The second-order valence-electron chi connectivity index (χ2n) is 7.50. The first-order valence-corrected chi connectivity index (χ1v) is 12.1. The Morgan fingerprint density at radius 1 is 1.12 bits per heavy atom. The first-order valence-electron chi connectivity index (χ1n) is 9.95.